The predicted molar refractivity (Wildman–Crippen MR) is 109 cm³/mol. The van der Waals surface area contributed by atoms with E-state index in [0.717, 1.165) is 27.4 Å². The Kier molecular flexibility index (Phi) is 5.66. The molecule has 0 saturated carbocycles. The van der Waals surface area contributed by atoms with E-state index in [1.807, 2.05) is 62.5 Å². The van der Waals surface area contributed by atoms with Gasteiger partial charge in [-0.25, -0.2) is 4.98 Å². The summed E-state index contributed by atoms with van der Waals surface area (Å²) in [5.74, 6) is -0.535. The lowest BCUT2D eigenvalue weighted by Gasteiger charge is -2.08. The van der Waals surface area contributed by atoms with E-state index in [1.54, 1.807) is 17.4 Å². The van der Waals surface area contributed by atoms with Gasteiger partial charge in [0.1, 0.15) is 0 Å². The summed E-state index contributed by atoms with van der Waals surface area (Å²) in [6.45, 7) is 5.83. The number of hydrogen-bond donors (Lipinski definition) is 2. The third-order valence-corrected chi connectivity index (χ3v) is 5.04. The Morgan fingerprint density at radius 1 is 1.00 bits per heavy atom. The molecule has 0 aliphatic carbocycles. The number of carbonyl (C=O) groups excluding carboxylic acids is 2. The summed E-state index contributed by atoms with van der Waals surface area (Å²) < 4.78 is 0. The minimum Gasteiger partial charge on any atom is -0.343 e. The van der Waals surface area contributed by atoms with Crippen molar-refractivity contribution in [2.45, 2.75) is 20.8 Å². The van der Waals surface area contributed by atoms with Crippen molar-refractivity contribution in [3.8, 4) is 11.3 Å². The molecule has 0 fully saturated rings. The number of aryl methyl sites for hydroxylation is 3. The van der Waals surface area contributed by atoms with Gasteiger partial charge in [0.25, 0.3) is 5.91 Å². The molecule has 27 heavy (non-hydrogen) atoms. The van der Waals surface area contributed by atoms with Crippen molar-refractivity contribution in [1.29, 1.82) is 0 Å². The Hall–Kier alpha value is -2.99. The molecule has 0 aliphatic heterocycles. The fourth-order valence-corrected chi connectivity index (χ4v) is 3.19. The van der Waals surface area contributed by atoms with E-state index < -0.39 is 0 Å². The topological polar surface area (TPSA) is 71.1 Å². The van der Waals surface area contributed by atoms with Crippen LogP contribution in [0.1, 0.15) is 26.5 Å². The van der Waals surface area contributed by atoms with Gasteiger partial charge in [0.2, 0.25) is 5.91 Å². The highest BCUT2D eigenvalue weighted by molar-refractivity contribution is 7.09. The highest BCUT2D eigenvalue weighted by Gasteiger charge is 2.09. The van der Waals surface area contributed by atoms with E-state index >= 15 is 0 Å². The number of amides is 2. The van der Waals surface area contributed by atoms with Crippen molar-refractivity contribution in [2.75, 3.05) is 11.9 Å². The number of rotatable bonds is 5. The maximum absolute atomic E-state index is 12.2. The number of anilines is 1. The molecule has 0 unspecified atom stereocenters. The molecule has 5 nitrogen and oxygen atoms in total. The van der Waals surface area contributed by atoms with Gasteiger partial charge < -0.3 is 10.6 Å². The lowest BCUT2D eigenvalue weighted by molar-refractivity contribution is -0.115. The van der Waals surface area contributed by atoms with Crippen LogP contribution in [-0.4, -0.2) is 23.3 Å². The first-order valence-electron chi connectivity index (χ1n) is 8.60. The first-order valence-corrected chi connectivity index (χ1v) is 9.48. The highest BCUT2D eigenvalue weighted by Crippen LogP contribution is 2.23. The number of thiazole rings is 1. The van der Waals surface area contributed by atoms with Gasteiger partial charge >= 0.3 is 0 Å². The summed E-state index contributed by atoms with van der Waals surface area (Å²) >= 11 is 1.60. The molecule has 0 radical (unpaired) electrons. The van der Waals surface area contributed by atoms with Crippen LogP contribution < -0.4 is 10.6 Å². The van der Waals surface area contributed by atoms with Crippen LogP contribution >= 0.6 is 11.3 Å². The number of carbonyl (C=O) groups is 2. The average molecular weight is 379 g/mol. The van der Waals surface area contributed by atoms with Crippen LogP contribution in [0.4, 0.5) is 5.69 Å². The Morgan fingerprint density at radius 3 is 2.37 bits per heavy atom. The Bertz CT molecular complexity index is 977. The molecule has 2 amide bonds. The second-order valence-corrected chi connectivity index (χ2v) is 7.42. The molecule has 0 atom stereocenters. The molecule has 6 heteroatoms. The van der Waals surface area contributed by atoms with E-state index in [0.29, 0.717) is 11.3 Å². The van der Waals surface area contributed by atoms with Crippen LogP contribution in [0.5, 0.6) is 0 Å². The van der Waals surface area contributed by atoms with E-state index in [9.17, 15) is 9.59 Å². The average Bonchev–Trinajstić information content (AvgIpc) is 3.09. The van der Waals surface area contributed by atoms with E-state index in [2.05, 4.69) is 15.6 Å². The Morgan fingerprint density at radius 2 is 1.74 bits per heavy atom. The Labute approximate surface area is 162 Å². The monoisotopic (exact) mass is 379 g/mol. The van der Waals surface area contributed by atoms with Crippen molar-refractivity contribution in [2.24, 2.45) is 0 Å². The van der Waals surface area contributed by atoms with Gasteiger partial charge in [-0.2, -0.15) is 0 Å². The largest absolute Gasteiger partial charge is 0.343 e. The smallest absolute Gasteiger partial charge is 0.251 e. The number of nitrogens with zero attached hydrogens (tertiary/aromatic N) is 1. The molecule has 0 spiro atoms. The van der Waals surface area contributed by atoms with E-state index in [4.69, 9.17) is 0 Å². The van der Waals surface area contributed by atoms with Crippen LogP contribution in [0.25, 0.3) is 11.3 Å². The molecule has 0 bridgehead atoms. The fraction of sp³-hybridized carbons (Fsp3) is 0.190. The normalized spacial score (nSPS) is 10.5. The second-order valence-electron chi connectivity index (χ2n) is 6.36. The van der Waals surface area contributed by atoms with Crippen LogP contribution in [0.2, 0.25) is 0 Å². The zero-order valence-corrected chi connectivity index (χ0v) is 16.3. The summed E-state index contributed by atoms with van der Waals surface area (Å²) in [5.41, 5.74) is 5.32. The second kappa shape index (κ2) is 8.14. The molecule has 138 valence electrons. The fourth-order valence-electron chi connectivity index (χ4n) is 2.57. The molecule has 2 aromatic carbocycles. The van der Waals surface area contributed by atoms with Crippen molar-refractivity contribution in [3.63, 3.8) is 0 Å². The third-order valence-electron chi connectivity index (χ3n) is 4.26. The summed E-state index contributed by atoms with van der Waals surface area (Å²) in [7, 11) is 0. The SMILES string of the molecule is Cc1nc(-c2ccc(NC(=O)CNC(=O)c3ccc(C)c(C)c3)cc2)cs1. The molecule has 0 aliphatic rings. The van der Waals surface area contributed by atoms with Gasteiger partial charge in [-0.15, -0.1) is 11.3 Å². The van der Waals surface area contributed by atoms with Gasteiger partial charge in [-0.05, 0) is 56.2 Å². The van der Waals surface area contributed by atoms with Crippen LogP contribution in [0, 0.1) is 20.8 Å². The van der Waals surface area contributed by atoms with Gasteiger partial charge in [0, 0.05) is 22.2 Å². The van der Waals surface area contributed by atoms with Crippen molar-refractivity contribution >= 4 is 28.8 Å². The highest BCUT2D eigenvalue weighted by atomic mass is 32.1. The molecule has 3 rings (SSSR count). The lowest BCUT2D eigenvalue weighted by Crippen LogP contribution is -2.32. The van der Waals surface area contributed by atoms with Gasteiger partial charge in [-0.3, -0.25) is 9.59 Å². The van der Waals surface area contributed by atoms with Gasteiger partial charge in [-0.1, -0.05) is 18.2 Å². The van der Waals surface area contributed by atoms with Crippen LogP contribution in [-0.2, 0) is 4.79 Å². The first-order chi connectivity index (χ1) is 12.9. The van der Waals surface area contributed by atoms with Crippen molar-refractivity contribution in [3.05, 3.63) is 69.5 Å². The molecule has 3 aromatic rings. The van der Waals surface area contributed by atoms with Gasteiger partial charge in [0.05, 0.1) is 17.2 Å². The zero-order valence-electron chi connectivity index (χ0n) is 15.5. The van der Waals surface area contributed by atoms with Gasteiger partial charge in [0.15, 0.2) is 0 Å². The van der Waals surface area contributed by atoms with Crippen LogP contribution in [0.3, 0.4) is 0 Å². The molecule has 1 aromatic heterocycles. The maximum atomic E-state index is 12.2. The molecule has 2 N–H and O–H groups in total. The lowest BCUT2D eigenvalue weighted by atomic mass is 10.1. The summed E-state index contributed by atoms with van der Waals surface area (Å²) in [5, 5.41) is 8.45. The molecule has 1 heterocycles. The summed E-state index contributed by atoms with van der Waals surface area (Å²) in [6.07, 6.45) is 0. The minimum atomic E-state index is -0.274. The quantitative estimate of drug-likeness (QED) is 0.701. The van der Waals surface area contributed by atoms with Crippen LogP contribution in [0.15, 0.2) is 47.8 Å². The summed E-state index contributed by atoms with van der Waals surface area (Å²) in [6, 6.07) is 13.0. The number of hydrogen-bond acceptors (Lipinski definition) is 4. The molecular formula is C21H21N3O2S. The van der Waals surface area contributed by atoms with Crippen molar-refractivity contribution < 1.29 is 9.59 Å². The standard InChI is InChI=1S/C21H21N3O2S/c1-13-4-5-17(10-14(13)2)21(26)22-11-20(25)24-18-8-6-16(7-9-18)19-12-27-15(3)23-19/h4-10,12H,11H2,1-3H3,(H,22,26)(H,24,25). The predicted octanol–water partition coefficient (Wildman–Crippen LogP) is 4.10. The maximum Gasteiger partial charge on any atom is 0.251 e. The molecule has 0 saturated heterocycles. The number of aromatic nitrogens is 1. The zero-order chi connectivity index (χ0) is 19.4. The number of nitrogens with one attached hydrogen (secondary N) is 2. The third kappa shape index (κ3) is 4.80. The van der Waals surface area contributed by atoms with E-state index in [-0.39, 0.29) is 18.4 Å². The number of benzene rings is 2. The van der Waals surface area contributed by atoms with Crippen molar-refractivity contribution in [1.82, 2.24) is 10.3 Å². The minimum absolute atomic E-state index is 0.0845. The Balaban J connectivity index is 1.54. The molecular weight excluding hydrogens is 358 g/mol. The summed E-state index contributed by atoms with van der Waals surface area (Å²) in [4.78, 5) is 28.7. The van der Waals surface area contributed by atoms with E-state index in [1.165, 1.54) is 0 Å². The first kappa shape index (κ1) is 18.8.